The molecule has 3 aromatic rings. The van der Waals surface area contributed by atoms with E-state index in [1.165, 1.54) is 0 Å². The lowest BCUT2D eigenvalue weighted by Gasteiger charge is -2.18. The summed E-state index contributed by atoms with van der Waals surface area (Å²) in [5.74, 6) is 1.09. The highest BCUT2D eigenvalue weighted by atomic mass is 32.2. The van der Waals surface area contributed by atoms with Gasteiger partial charge >= 0.3 is 0 Å². The van der Waals surface area contributed by atoms with Crippen LogP contribution in [0, 0.1) is 6.92 Å². The predicted molar refractivity (Wildman–Crippen MR) is 110 cm³/mol. The van der Waals surface area contributed by atoms with Crippen molar-refractivity contribution in [3.05, 3.63) is 58.4 Å². The van der Waals surface area contributed by atoms with Gasteiger partial charge in [0.05, 0.1) is 5.75 Å². The quantitative estimate of drug-likeness (QED) is 0.623. The summed E-state index contributed by atoms with van der Waals surface area (Å²) in [5, 5.41) is 11.1. The number of ether oxygens (including phenoxy) is 2. The van der Waals surface area contributed by atoms with E-state index in [9.17, 15) is 9.59 Å². The Morgan fingerprint density at radius 1 is 1.10 bits per heavy atom. The first-order valence-corrected chi connectivity index (χ1v) is 9.93. The minimum atomic E-state index is -0.349. The molecule has 9 heteroatoms. The second-order valence-electron chi connectivity index (χ2n) is 6.37. The Morgan fingerprint density at radius 3 is 2.62 bits per heavy atom. The molecule has 148 valence electrons. The molecule has 2 aromatic carbocycles. The summed E-state index contributed by atoms with van der Waals surface area (Å²) in [5.41, 5.74) is 2.29. The summed E-state index contributed by atoms with van der Waals surface area (Å²) in [4.78, 5) is 27.2. The Kier molecular flexibility index (Phi) is 5.48. The number of carbonyl (C=O) groups is 1. The van der Waals surface area contributed by atoms with Crippen molar-refractivity contribution >= 4 is 23.4 Å². The summed E-state index contributed by atoms with van der Waals surface area (Å²) in [6.45, 7) is 2.96. The van der Waals surface area contributed by atoms with Gasteiger partial charge in [0.15, 0.2) is 22.3 Å². The van der Waals surface area contributed by atoms with Crippen LogP contribution in [0.2, 0.25) is 0 Å². The van der Waals surface area contributed by atoms with Gasteiger partial charge < -0.3 is 14.8 Å². The fourth-order valence-electron chi connectivity index (χ4n) is 2.74. The number of aromatic nitrogens is 3. The molecule has 0 spiro atoms. The van der Waals surface area contributed by atoms with Crippen molar-refractivity contribution in [2.45, 2.75) is 12.1 Å². The number of H-pyrrole nitrogens is 1. The van der Waals surface area contributed by atoms with Gasteiger partial charge in [0.2, 0.25) is 5.91 Å². The van der Waals surface area contributed by atoms with Crippen molar-refractivity contribution in [2.24, 2.45) is 0 Å². The molecule has 0 saturated carbocycles. The number of rotatable bonds is 5. The molecular formula is C20H18N4O4S. The number of aromatic amines is 1. The molecule has 1 amide bonds. The van der Waals surface area contributed by atoms with Crippen LogP contribution in [0.15, 0.2) is 52.4 Å². The number of fused-ring (bicyclic) bond motifs is 1. The first-order valence-electron chi connectivity index (χ1n) is 8.95. The first-order chi connectivity index (χ1) is 14.1. The Labute approximate surface area is 170 Å². The maximum atomic E-state index is 12.3. The summed E-state index contributed by atoms with van der Waals surface area (Å²) < 4.78 is 11.0. The number of hydrogen-bond acceptors (Lipinski definition) is 7. The van der Waals surface area contributed by atoms with Gasteiger partial charge in [-0.15, -0.1) is 10.2 Å². The zero-order valence-electron chi connectivity index (χ0n) is 15.6. The SMILES string of the molecule is Cc1ccc(-c2nnc(SCC(=O)Nc3ccc4c(c3)OCCO4)[nH]c2=O)cc1. The highest BCUT2D eigenvalue weighted by Crippen LogP contribution is 2.32. The highest BCUT2D eigenvalue weighted by molar-refractivity contribution is 7.99. The first kappa shape index (κ1) is 19.0. The Morgan fingerprint density at radius 2 is 1.86 bits per heavy atom. The maximum absolute atomic E-state index is 12.3. The van der Waals surface area contributed by atoms with Gasteiger partial charge in [-0.2, -0.15) is 0 Å². The van der Waals surface area contributed by atoms with Crippen LogP contribution in [0.3, 0.4) is 0 Å². The molecule has 1 aliphatic heterocycles. The van der Waals surface area contributed by atoms with Gasteiger partial charge in [-0.05, 0) is 19.1 Å². The number of carbonyl (C=O) groups excluding carboxylic acids is 1. The van der Waals surface area contributed by atoms with Crippen molar-refractivity contribution in [1.29, 1.82) is 0 Å². The maximum Gasteiger partial charge on any atom is 0.278 e. The molecule has 0 atom stereocenters. The van der Waals surface area contributed by atoms with Gasteiger partial charge in [-0.3, -0.25) is 14.6 Å². The Bertz CT molecular complexity index is 1100. The average Bonchev–Trinajstić information content (AvgIpc) is 2.73. The van der Waals surface area contributed by atoms with E-state index in [4.69, 9.17) is 9.47 Å². The summed E-state index contributed by atoms with van der Waals surface area (Å²) in [6, 6.07) is 12.7. The van der Waals surface area contributed by atoms with Crippen molar-refractivity contribution in [1.82, 2.24) is 15.2 Å². The predicted octanol–water partition coefficient (Wildman–Crippen LogP) is 2.64. The molecule has 29 heavy (non-hydrogen) atoms. The van der Waals surface area contributed by atoms with Gasteiger partial charge in [-0.25, -0.2) is 0 Å². The van der Waals surface area contributed by atoms with Crippen LogP contribution in [0.25, 0.3) is 11.3 Å². The minimum Gasteiger partial charge on any atom is -0.486 e. The summed E-state index contributed by atoms with van der Waals surface area (Å²) in [7, 11) is 0. The Hall–Kier alpha value is -3.33. The number of amides is 1. The molecule has 8 nitrogen and oxygen atoms in total. The average molecular weight is 410 g/mol. The largest absolute Gasteiger partial charge is 0.486 e. The highest BCUT2D eigenvalue weighted by Gasteiger charge is 2.14. The molecule has 0 saturated heterocycles. The van der Waals surface area contributed by atoms with E-state index >= 15 is 0 Å². The van der Waals surface area contributed by atoms with Crippen molar-refractivity contribution < 1.29 is 14.3 Å². The minimum absolute atomic E-state index is 0.0724. The number of benzene rings is 2. The third kappa shape index (κ3) is 4.57. The number of anilines is 1. The second kappa shape index (κ2) is 8.36. The van der Waals surface area contributed by atoms with Gasteiger partial charge in [0.1, 0.15) is 13.2 Å². The number of hydrogen-bond donors (Lipinski definition) is 2. The van der Waals surface area contributed by atoms with Crippen molar-refractivity contribution in [2.75, 3.05) is 24.3 Å². The smallest absolute Gasteiger partial charge is 0.278 e. The van der Waals surface area contributed by atoms with Crippen LogP contribution < -0.4 is 20.3 Å². The molecule has 1 aromatic heterocycles. The van der Waals surface area contributed by atoms with Gasteiger partial charge in [-0.1, -0.05) is 41.6 Å². The molecule has 0 radical (unpaired) electrons. The van der Waals surface area contributed by atoms with Crippen molar-refractivity contribution in [3.63, 3.8) is 0 Å². The lowest BCUT2D eigenvalue weighted by atomic mass is 10.1. The molecule has 0 aliphatic carbocycles. The van der Waals surface area contributed by atoms with Crippen LogP contribution >= 0.6 is 11.8 Å². The zero-order chi connectivity index (χ0) is 20.2. The number of nitrogens with one attached hydrogen (secondary N) is 2. The number of aryl methyl sites for hydroxylation is 1. The van der Waals surface area contributed by atoms with Crippen LogP contribution in [0.4, 0.5) is 5.69 Å². The zero-order valence-corrected chi connectivity index (χ0v) is 16.4. The molecule has 0 fully saturated rings. The number of nitrogens with zero attached hydrogens (tertiary/aromatic N) is 2. The van der Waals surface area contributed by atoms with Gasteiger partial charge in [0.25, 0.3) is 5.56 Å². The molecule has 4 rings (SSSR count). The standard InChI is InChI=1S/C20H18N4O4S/c1-12-2-4-13(5-3-12)18-19(26)22-20(24-23-18)29-11-17(25)21-14-6-7-15-16(10-14)28-9-8-27-15/h2-7,10H,8-9,11H2,1H3,(H,21,25)(H,22,24,26). The topological polar surface area (TPSA) is 106 Å². The van der Waals surface area contributed by atoms with Crippen LogP contribution in [0.5, 0.6) is 11.5 Å². The monoisotopic (exact) mass is 410 g/mol. The fraction of sp³-hybridized carbons (Fsp3) is 0.200. The lowest BCUT2D eigenvalue weighted by Crippen LogP contribution is -2.18. The van der Waals surface area contributed by atoms with E-state index < -0.39 is 0 Å². The Balaban J connectivity index is 1.37. The fourth-order valence-corrected chi connectivity index (χ4v) is 3.34. The molecular weight excluding hydrogens is 392 g/mol. The number of thioether (sulfide) groups is 1. The molecule has 2 N–H and O–H groups in total. The van der Waals surface area contributed by atoms with Crippen LogP contribution in [-0.4, -0.2) is 40.1 Å². The summed E-state index contributed by atoms with van der Waals surface area (Å²) in [6.07, 6.45) is 0. The van der Waals surface area contributed by atoms with E-state index in [0.29, 0.717) is 36.0 Å². The van der Waals surface area contributed by atoms with E-state index in [1.807, 2.05) is 31.2 Å². The van der Waals surface area contributed by atoms with Crippen molar-refractivity contribution in [3.8, 4) is 22.8 Å². The van der Waals surface area contributed by atoms with E-state index in [2.05, 4.69) is 20.5 Å². The second-order valence-corrected chi connectivity index (χ2v) is 7.33. The summed E-state index contributed by atoms with van der Waals surface area (Å²) >= 11 is 1.10. The van der Waals surface area contributed by atoms with Gasteiger partial charge in [0, 0.05) is 17.3 Å². The lowest BCUT2D eigenvalue weighted by molar-refractivity contribution is -0.113. The third-order valence-corrected chi connectivity index (χ3v) is 5.03. The normalized spacial score (nSPS) is 12.4. The third-order valence-electron chi connectivity index (χ3n) is 4.17. The molecule has 0 unspecified atom stereocenters. The molecule has 2 heterocycles. The van der Waals surface area contributed by atoms with E-state index in [1.54, 1.807) is 18.2 Å². The van der Waals surface area contributed by atoms with Crippen LogP contribution in [-0.2, 0) is 4.79 Å². The molecule has 1 aliphatic rings. The molecule has 0 bridgehead atoms. The van der Waals surface area contributed by atoms with E-state index in [-0.39, 0.29) is 28.1 Å². The van der Waals surface area contributed by atoms with Crippen LogP contribution in [0.1, 0.15) is 5.56 Å². The van der Waals surface area contributed by atoms with E-state index in [0.717, 1.165) is 17.3 Å².